The summed E-state index contributed by atoms with van der Waals surface area (Å²) in [6, 6.07) is 3.55. The molecule has 20 heavy (non-hydrogen) atoms. The van der Waals surface area contributed by atoms with E-state index in [4.69, 9.17) is 22.1 Å². The molecular formula is C13H17BrClN3O2. The Morgan fingerprint density at radius 3 is 2.70 bits per heavy atom. The second-order valence-electron chi connectivity index (χ2n) is 4.71. The van der Waals surface area contributed by atoms with E-state index in [2.05, 4.69) is 21.2 Å². The predicted molar refractivity (Wildman–Crippen MR) is 83.5 cm³/mol. The smallest absolute Gasteiger partial charge is 0.314 e. The van der Waals surface area contributed by atoms with Crippen LogP contribution in [0.2, 0.25) is 5.02 Å². The fraction of sp³-hybridized carbons (Fsp3) is 0.462. The Bertz CT molecular complexity index is 505. The lowest BCUT2D eigenvalue weighted by atomic mass is 10.0. The van der Waals surface area contributed by atoms with Gasteiger partial charge < -0.3 is 20.7 Å². The van der Waals surface area contributed by atoms with E-state index in [0.717, 1.165) is 28.8 Å². The van der Waals surface area contributed by atoms with E-state index in [9.17, 15) is 4.79 Å². The van der Waals surface area contributed by atoms with Crippen molar-refractivity contribution in [3.05, 3.63) is 21.6 Å². The number of ether oxygens (including phenoxy) is 1. The number of nitrogens with one attached hydrogen (secondary N) is 1. The van der Waals surface area contributed by atoms with Gasteiger partial charge in [0.15, 0.2) is 5.75 Å². The quantitative estimate of drug-likeness (QED) is 0.868. The van der Waals surface area contributed by atoms with Gasteiger partial charge in [-0.15, -0.1) is 0 Å². The molecule has 0 aliphatic carbocycles. The first-order chi connectivity index (χ1) is 9.51. The lowest BCUT2D eigenvalue weighted by Crippen LogP contribution is -2.44. The first-order valence-electron chi connectivity index (χ1n) is 6.35. The van der Waals surface area contributed by atoms with Crippen molar-refractivity contribution in [3.63, 3.8) is 0 Å². The minimum atomic E-state index is -0.355. The zero-order chi connectivity index (χ0) is 14.7. The number of primary amides is 1. The number of nitrogens with zero attached hydrogens (tertiary/aromatic N) is 1. The average Bonchev–Trinajstić information content (AvgIpc) is 2.39. The predicted octanol–water partition coefficient (Wildman–Crippen LogP) is 3.07. The van der Waals surface area contributed by atoms with Crippen LogP contribution in [0.5, 0.6) is 5.75 Å². The van der Waals surface area contributed by atoms with E-state index in [1.165, 1.54) is 0 Å². The van der Waals surface area contributed by atoms with Crippen molar-refractivity contribution < 1.29 is 9.53 Å². The molecule has 0 bridgehead atoms. The first-order valence-corrected chi connectivity index (χ1v) is 7.52. The van der Waals surface area contributed by atoms with Gasteiger partial charge in [0, 0.05) is 24.2 Å². The number of anilines is 1. The summed E-state index contributed by atoms with van der Waals surface area (Å²) in [6.45, 7) is 1.33. The van der Waals surface area contributed by atoms with E-state index in [1.807, 2.05) is 6.07 Å². The zero-order valence-corrected chi connectivity index (χ0v) is 13.5. The van der Waals surface area contributed by atoms with Crippen molar-refractivity contribution in [3.8, 4) is 5.75 Å². The third kappa shape index (κ3) is 3.49. The number of hydrogen-bond donors (Lipinski definition) is 2. The Morgan fingerprint density at radius 2 is 2.15 bits per heavy atom. The summed E-state index contributed by atoms with van der Waals surface area (Å²) in [5, 5.41) is 4.06. The third-order valence-corrected chi connectivity index (χ3v) is 4.19. The summed E-state index contributed by atoms with van der Waals surface area (Å²) in [7, 11) is 1.62. The maximum atomic E-state index is 11.1. The molecule has 3 N–H and O–H groups in total. The molecule has 1 saturated heterocycles. The third-order valence-electron chi connectivity index (χ3n) is 3.38. The number of methoxy groups -OCH3 is 1. The second-order valence-corrected chi connectivity index (χ2v) is 6.00. The van der Waals surface area contributed by atoms with Crippen molar-refractivity contribution in [2.45, 2.75) is 18.9 Å². The summed E-state index contributed by atoms with van der Waals surface area (Å²) in [6.07, 6.45) is 1.69. The summed E-state index contributed by atoms with van der Waals surface area (Å²) in [4.78, 5) is 12.7. The van der Waals surface area contributed by atoms with Crippen molar-refractivity contribution in [1.82, 2.24) is 4.90 Å². The van der Waals surface area contributed by atoms with Gasteiger partial charge in [-0.05, 0) is 40.9 Å². The van der Waals surface area contributed by atoms with Gasteiger partial charge in [0.1, 0.15) is 0 Å². The molecule has 1 aliphatic rings. The molecule has 5 nitrogen and oxygen atoms in total. The molecular weight excluding hydrogens is 346 g/mol. The normalized spacial score (nSPS) is 16.1. The monoisotopic (exact) mass is 361 g/mol. The van der Waals surface area contributed by atoms with Crippen molar-refractivity contribution in [1.29, 1.82) is 0 Å². The highest BCUT2D eigenvalue weighted by Crippen LogP contribution is 2.37. The molecule has 0 aromatic heterocycles. The van der Waals surface area contributed by atoms with Gasteiger partial charge in [0.05, 0.1) is 17.3 Å². The van der Waals surface area contributed by atoms with Crippen LogP contribution in [0, 0.1) is 0 Å². The molecule has 1 fully saturated rings. The molecule has 0 radical (unpaired) electrons. The van der Waals surface area contributed by atoms with Crippen LogP contribution in [-0.4, -0.2) is 37.2 Å². The Hall–Kier alpha value is -1.14. The van der Waals surface area contributed by atoms with E-state index in [1.54, 1.807) is 18.1 Å². The molecule has 1 aromatic carbocycles. The number of halogens is 2. The molecule has 0 unspecified atom stereocenters. The summed E-state index contributed by atoms with van der Waals surface area (Å²) in [5.74, 6) is 0.728. The number of urea groups is 1. The van der Waals surface area contributed by atoms with Gasteiger partial charge in [-0.25, -0.2) is 4.79 Å². The Morgan fingerprint density at radius 1 is 1.50 bits per heavy atom. The van der Waals surface area contributed by atoms with Gasteiger partial charge in [0.25, 0.3) is 0 Å². The van der Waals surface area contributed by atoms with Crippen LogP contribution in [0.3, 0.4) is 0 Å². The highest BCUT2D eigenvalue weighted by Gasteiger charge is 2.22. The Labute approximate surface area is 131 Å². The second kappa shape index (κ2) is 6.54. The molecule has 0 atom stereocenters. The molecule has 2 amide bonds. The number of hydrogen-bond acceptors (Lipinski definition) is 3. The van der Waals surface area contributed by atoms with Crippen LogP contribution in [0.1, 0.15) is 12.8 Å². The maximum absolute atomic E-state index is 11.1. The zero-order valence-electron chi connectivity index (χ0n) is 11.2. The minimum absolute atomic E-state index is 0.268. The highest BCUT2D eigenvalue weighted by atomic mass is 79.9. The molecule has 0 spiro atoms. The van der Waals surface area contributed by atoms with Crippen molar-refractivity contribution >= 4 is 39.2 Å². The number of amides is 2. The van der Waals surface area contributed by atoms with E-state index >= 15 is 0 Å². The van der Waals surface area contributed by atoms with Gasteiger partial charge in [0.2, 0.25) is 0 Å². The van der Waals surface area contributed by atoms with E-state index in [-0.39, 0.29) is 12.1 Å². The summed E-state index contributed by atoms with van der Waals surface area (Å²) < 4.78 is 6.19. The molecule has 0 saturated carbocycles. The summed E-state index contributed by atoms with van der Waals surface area (Å²) >= 11 is 9.50. The standard InChI is InChI=1S/C13H17BrClN3O2/c1-20-12-10(14)6-8(15)7-11(12)17-9-2-4-18(5-3-9)13(16)19/h6-7,9,17H,2-5H2,1H3,(H2,16,19). The first kappa shape index (κ1) is 15.3. The van der Waals surface area contributed by atoms with E-state index < -0.39 is 0 Å². The number of rotatable bonds is 3. The maximum Gasteiger partial charge on any atom is 0.314 e. The molecule has 1 aromatic rings. The molecule has 2 rings (SSSR count). The SMILES string of the molecule is COc1c(Br)cc(Cl)cc1NC1CCN(C(N)=O)CC1. The van der Waals surface area contributed by atoms with Crippen LogP contribution < -0.4 is 15.8 Å². The van der Waals surface area contributed by atoms with Gasteiger partial charge in [-0.1, -0.05) is 11.6 Å². The fourth-order valence-electron chi connectivity index (χ4n) is 2.34. The number of carbonyl (C=O) groups excluding carboxylic acids is 1. The number of nitrogens with two attached hydrogens (primary N) is 1. The van der Waals surface area contributed by atoms with Gasteiger partial charge >= 0.3 is 6.03 Å². The van der Waals surface area contributed by atoms with Gasteiger partial charge in [-0.2, -0.15) is 0 Å². The Kier molecular flexibility index (Phi) is 4.99. The van der Waals surface area contributed by atoms with Crippen LogP contribution in [0.15, 0.2) is 16.6 Å². The summed E-state index contributed by atoms with van der Waals surface area (Å²) in [5.41, 5.74) is 6.12. The lowest BCUT2D eigenvalue weighted by Gasteiger charge is -2.32. The van der Waals surface area contributed by atoms with Crippen LogP contribution >= 0.6 is 27.5 Å². The number of carbonyl (C=O) groups is 1. The molecule has 7 heteroatoms. The fourth-order valence-corrected chi connectivity index (χ4v) is 3.31. The van der Waals surface area contributed by atoms with Crippen LogP contribution in [-0.2, 0) is 0 Å². The number of benzene rings is 1. The van der Waals surface area contributed by atoms with Crippen LogP contribution in [0.4, 0.5) is 10.5 Å². The van der Waals surface area contributed by atoms with Crippen molar-refractivity contribution in [2.75, 3.05) is 25.5 Å². The van der Waals surface area contributed by atoms with Crippen molar-refractivity contribution in [2.24, 2.45) is 5.73 Å². The minimum Gasteiger partial charge on any atom is -0.493 e. The number of piperidine rings is 1. The Balaban J connectivity index is 2.06. The topological polar surface area (TPSA) is 67.6 Å². The molecule has 1 aliphatic heterocycles. The molecule has 110 valence electrons. The number of likely N-dealkylation sites (tertiary alicyclic amines) is 1. The van der Waals surface area contributed by atoms with Gasteiger partial charge in [-0.3, -0.25) is 0 Å². The molecule has 1 heterocycles. The average molecular weight is 363 g/mol. The lowest BCUT2D eigenvalue weighted by molar-refractivity contribution is 0.193. The highest BCUT2D eigenvalue weighted by molar-refractivity contribution is 9.10. The van der Waals surface area contributed by atoms with Crippen LogP contribution in [0.25, 0.3) is 0 Å². The van der Waals surface area contributed by atoms with E-state index in [0.29, 0.717) is 18.1 Å². The largest absolute Gasteiger partial charge is 0.493 e.